The summed E-state index contributed by atoms with van der Waals surface area (Å²) in [5, 5.41) is 3.34. The van der Waals surface area contributed by atoms with Crippen molar-refractivity contribution in [3.63, 3.8) is 0 Å². The van der Waals surface area contributed by atoms with E-state index < -0.39 is 5.60 Å². The molecule has 1 N–H and O–H groups in total. The molecule has 0 bridgehead atoms. The number of carbonyl (C=O) groups is 1. The Labute approximate surface area is 131 Å². The molecule has 1 aliphatic heterocycles. The fourth-order valence-electron chi connectivity index (χ4n) is 3.04. The van der Waals surface area contributed by atoms with Crippen LogP contribution in [-0.2, 0) is 21.6 Å². The molecule has 0 saturated carbocycles. The molecule has 3 heteroatoms. The van der Waals surface area contributed by atoms with E-state index in [1.807, 2.05) is 48.5 Å². The van der Waals surface area contributed by atoms with Gasteiger partial charge in [-0.25, -0.2) is 0 Å². The van der Waals surface area contributed by atoms with Gasteiger partial charge in [0, 0.05) is 12.8 Å². The normalized spacial score (nSPS) is 16.9. The molecular weight excluding hydrogens is 274 g/mol. The van der Waals surface area contributed by atoms with Crippen LogP contribution in [0.4, 0.5) is 0 Å². The van der Waals surface area contributed by atoms with E-state index >= 15 is 0 Å². The molecule has 0 unspecified atom stereocenters. The highest BCUT2D eigenvalue weighted by atomic mass is 16.6. The van der Waals surface area contributed by atoms with E-state index in [1.165, 1.54) is 0 Å². The Balaban J connectivity index is 1.77. The average molecular weight is 295 g/mol. The van der Waals surface area contributed by atoms with E-state index in [-0.39, 0.29) is 5.97 Å². The molecule has 2 aromatic carbocycles. The van der Waals surface area contributed by atoms with Gasteiger partial charge in [0.25, 0.3) is 0 Å². The summed E-state index contributed by atoms with van der Waals surface area (Å²) >= 11 is 0. The van der Waals surface area contributed by atoms with Crippen LogP contribution >= 0.6 is 0 Å². The number of ether oxygens (including phenoxy) is 1. The molecular formula is C19H21NO2. The summed E-state index contributed by atoms with van der Waals surface area (Å²) in [6, 6.07) is 19.9. The van der Waals surface area contributed by atoms with Crippen molar-refractivity contribution in [2.45, 2.75) is 24.9 Å². The summed E-state index contributed by atoms with van der Waals surface area (Å²) < 4.78 is 5.99. The molecule has 1 heterocycles. The highest BCUT2D eigenvalue weighted by molar-refractivity contribution is 5.73. The van der Waals surface area contributed by atoms with Gasteiger partial charge in [-0.1, -0.05) is 60.7 Å². The summed E-state index contributed by atoms with van der Waals surface area (Å²) in [6.07, 6.45) is 1.96. The maximum atomic E-state index is 12.4. The highest BCUT2D eigenvalue weighted by Gasteiger charge is 2.37. The van der Waals surface area contributed by atoms with Crippen LogP contribution in [0.5, 0.6) is 0 Å². The van der Waals surface area contributed by atoms with Gasteiger partial charge in [0.1, 0.15) is 5.60 Å². The van der Waals surface area contributed by atoms with Crippen molar-refractivity contribution in [2.75, 3.05) is 13.1 Å². The molecule has 0 amide bonds. The molecule has 0 spiro atoms. The maximum Gasteiger partial charge on any atom is 0.311 e. The van der Waals surface area contributed by atoms with Crippen LogP contribution in [0.1, 0.15) is 24.0 Å². The quantitative estimate of drug-likeness (QED) is 0.881. The van der Waals surface area contributed by atoms with Crippen molar-refractivity contribution in [3.8, 4) is 0 Å². The molecule has 3 rings (SSSR count). The number of hydrogen-bond donors (Lipinski definition) is 1. The monoisotopic (exact) mass is 295 g/mol. The van der Waals surface area contributed by atoms with E-state index in [9.17, 15) is 4.79 Å². The van der Waals surface area contributed by atoms with E-state index in [0.717, 1.165) is 37.1 Å². The third-order valence-electron chi connectivity index (χ3n) is 4.21. The number of carbonyl (C=O) groups excluding carboxylic acids is 1. The Kier molecular flexibility index (Phi) is 4.54. The van der Waals surface area contributed by atoms with Crippen LogP contribution in [0.15, 0.2) is 60.7 Å². The van der Waals surface area contributed by atoms with E-state index in [4.69, 9.17) is 4.74 Å². The lowest BCUT2D eigenvalue weighted by atomic mass is 9.84. The fourth-order valence-corrected chi connectivity index (χ4v) is 3.04. The molecule has 1 fully saturated rings. The zero-order valence-corrected chi connectivity index (χ0v) is 12.6. The second-order valence-corrected chi connectivity index (χ2v) is 5.75. The first-order valence-corrected chi connectivity index (χ1v) is 7.81. The minimum absolute atomic E-state index is 0.156. The zero-order valence-electron chi connectivity index (χ0n) is 12.6. The second-order valence-electron chi connectivity index (χ2n) is 5.75. The number of nitrogens with one attached hydrogen (secondary N) is 1. The van der Waals surface area contributed by atoms with Crippen molar-refractivity contribution >= 4 is 5.97 Å². The van der Waals surface area contributed by atoms with Crippen molar-refractivity contribution < 1.29 is 9.53 Å². The summed E-state index contributed by atoms with van der Waals surface area (Å²) in [6.45, 7) is 1.74. The van der Waals surface area contributed by atoms with Crippen molar-refractivity contribution in [2.24, 2.45) is 0 Å². The largest absolute Gasteiger partial charge is 0.454 e. The van der Waals surface area contributed by atoms with Crippen LogP contribution < -0.4 is 5.32 Å². The Bertz CT molecular complexity index is 604. The number of esters is 1. The van der Waals surface area contributed by atoms with Gasteiger partial charge in [-0.15, -0.1) is 0 Å². The summed E-state index contributed by atoms with van der Waals surface area (Å²) in [7, 11) is 0. The molecule has 0 radical (unpaired) electrons. The number of hydrogen-bond acceptors (Lipinski definition) is 3. The number of rotatable bonds is 4. The molecule has 22 heavy (non-hydrogen) atoms. The van der Waals surface area contributed by atoms with E-state index in [1.54, 1.807) is 0 Å². The first-order valence-electron chi connectivity index (χ1n) is 7.81. The standard InChI is InChI=1S/C19H21NO2/c21-18(15-16-7-3-1-4-8-16)22-19(11-13-20-14-12-19)17-9-5-2-6-10-17/h1-10,20H,11-15H2. The highest BCUT2D eigenvalue weighted by Crippen LogP contribution is 2.35. The molecule has 1 saturated heterocycles. The third-order valence-corrected chi connectivity index (χ3v) is 4.21. The molecule has 114 valence electrons. The average Bonchev–Trinajstić information content (AvgIpc) is 2.57. The molecule has 3 nitrogen and oxygen atoms in total. The predicted octanol–water partition coefficient (Wildman–Crippen LogP) is 3.05. The Hall–Kier alpha value is -2.13. The lowest BCUT2D eigenvalue weighted by molar-refractivity contribution is -0.163. The Morgan fingerprint density at radius 1 is 0.955 bits per heavy atom. The first kappa shape index (κ1) is 14.8. The van der Waals surface area contributed by atoms with Gasteiger partial charge in [0.05, 0.1) is 6.42 Å². The van der Waals surface area contributed by atoms with Gasteiger partial charge in [-0.3, -0.25) is 4.79 Å². The van der Waals surface area contributed by atoms with Gasteiger partial charge < -0.3 is 10.1 Å². The smallest absolute Gasteiger partial charge is 0.311 e. The lowest BCUT2D eigenvalue weighted by Crippen LogP contribution is -2.43. The van der Waals surface area contributed by atoms with Gasteiger partial charge in [0.15, 0.2) is 0 Å². The molecule has 2 aromatic rings. The number of benzene rings is 2. The van der Waals surface area contributed by atoms with Crippen LogP contribution in [-0.4, -0.2) is 19.1 Å². The van der Waals surface area contributed by atoms with Crippen LogP contribution in [0, 0.1) is 0 Å². The topological polar surface area (TPSA) is 38.3 Å². The minimum atomic E-state index is -0.488. The lowest BCUT2D eigenvalue weighted by Gasteiger charge is -2.37. The van der Waals surface area contributed by atoms with Gasteiger partial charge in [0.2, 0.25) is 0 Å². The van der Waals surface area contributed by atoms with Gasteiger partial charge in [-0.05, 0) is 24.2 Å². The fraction of sp³-hybridized carbons (Fsp3) is 0.316. The van der Waals surface area contributed by atoms with Crippen molar-refractivity contribution in [3.05, 3.63) is 71.8 Å². The number of piperidine rings is 1. The molecule has 0 aliphatic carbocycles. The predicted molar refractivity (Wildman–Crippen MR) is 86.5 cm³/mol. The summed E-state index contributed by atoms with van der Waals surface area (Å²) in [5.74, 6) is -0.156. The van der Waals surface area contributed by atoms with Crippen LogP contribution in [0.3, 0.4) is 0 Å². The van der Waals surface area contributed by atoms with Crippen LogP contribution in [0.25, 0.3) is 0 Å². The molecule has 0 atom stereocenters. The van der Waals surface area contributed by atoms with Crippen LogP contribution in [0.2, 0.25) is 0 Å². The SMILES string of the molecule is O=C(Cc1ccccc1)OC1(c2ccccc2)CCNCC1. The summed E-state index contributed by atoms with van der Waals surface area (Å²) in [4.78, 5) is 12.4. The first-order chi connectivity index (χ1) is 10.8. The van der Waals surface area contributed by atoms with E-state index in [0.29, 0.717) is 6.42 Å². The third kappa shape index (κ3) is 3.37. The van der Waals surface area contributed by atoms with Crippen molar-refractivity contribution in [1.29, 1.82) is 0 Å². The molecule has 0 aromatic heterocycles. The minimum Gasteiger partial charge on any atom is -0.454 e. The zero-order chi connectivity index (χ0) is 15.3. The maximum absolute atomic E-state index is 12.4. The molecule has 1 aliphatic rings. The van der Waals surface area contributed by atoms with E-state index in [2.05, 4.69) is 17.4 Å². The van der Waals surface area contributed by atoms with Gasteiger partial charge >= 0.3 is 5.97 Å². The Morgan fingerprint density at radius 3 is 2.18 bits per heavy atom. The second kappa shape index (κ2) is 6.75. The Morgan fingerprint density at radius 2 is 1.55 bits per heavy atom. The summed E-state index contributed by atoms with van der Waals surface area (Å²) in [5.41, 5.74) is 1.60. The van der Waals surface area contributed by atoms with Gasteiger partial charge in [-0.2, -0.15) is 0 Å². The van der Waals surface area contributed by atoms with Crippen molar-refractivity contribution in [1.82, 2.24) is 5.32 Å².